The van der Waals surface area contributed by atoms with Gasteiger partial charge in [0.1, 0.15) is 6.54 Å². The molecule has 5 heteroatoms. The summed E-state index contributed by atoms with van der Waals surface area (Å²) in [5.41, 5.74) is 0.863. The monoisotopic (exact) mass is 248 g/mol. The molecule has 3 rings (SSSR count). The molecule has 1 amide bonds. The van der Waals surface area contributed by atoms with Crippen LogP contribution in [-0.2, 0) is 11.3 Å². The summed E-state index contributed by atoms with van der Waals surface area (Å²) in [7, 11) is 0. The van der Waals surface area contributed by atoms with E-state index in [0.29, 0.717) is 10.7 Å². The maximum Gasteiger partial charge on any atom is 0.240 e. The van der Waals surface area contributed by atoms with Crippen molar-refractivity contribution in [3.05, 3.63) is 33.9 Å². The molecule has 2 aromatic rings. The third kappa shape index (κ3) is 2.10. The number of hydrogen-bond acceptors (Lipinski definition) is 3. The van der Waals surface area contributed by atoms with Gasteiger partial charge in [-0.05, 0) is 24.3 Å². The highest BCUT2D eigenvalue weighted by atomic mass is 32.1. The van der Waals surface area contributed by atoms with Crippen LogP contribution in [0.1, 0.15) is 12.8 Å². The Morgan fingerprint density at radius 1 is 1.47 bits per heavy atom. The minimum atomic E-state index is 0.0173. The second kappa shape index (κ2) is 4.00. The van der Waals surface area contributed by atoms with Crippen LogP contribution in [0.4, 0.5) is 0 Å². The van der Waals surface area contributed by atoms with Gasteiger partial charge in [0.05, 0.1) is 10.2 Å². The van der Waals surface area contributed by atoms with Crippen LogP contribution in [0.25, 0.3) is 10.2 Å². The van der Waals surface area contributed by atoms with Crippen LogP contribution in [0, 0.1) is 0 Å². The fourth-order valence-electron chi connectivity index (χ4n) is 1.82. The molecule has 0 radical (unpaired) electrons. The molecule has 2 heterocycles. The zero-order valence-corrected chi connectivity index (χ0v) is 10.00. The highest BCUT2D eigenvalue weighted by molar-refractivity contribution is 7.17. The lowest BCUT2D eigenvalue weighted by Crippen LogP contribution is -2.29. The van der Waals surface area contributed by atoms with Gasteiger partial charge in [-0.2, -0.15) is 0 Å². The lowest BCUT2D eigenvalue weighted by molar-refractivity contribution is -0.121. The Morgan fingerprint density at radius 2 is 2.29 bits per heavy atom. The van der Waals surface area contributed by atoms with Gasteiger partial charge in [-0.3, -0.25) is 9.59 Å². The van der Waals surface area contributed by atoms with E-state index in [1.165, 1.54) is 17.4 Å². The summed E-state index contributed by atoms with van der Waals surface area (Å²) in [5, 5.41) is 4.82. The predicted octanol–water partition coefficient (Wildman–Crippen LogP) is 1.34. The summed E-state index contributed by atoms with van der Waals surface area (Å²) in [5.74, 6) is 0.0173. The van der Waals surface area contributed by atoms with Crippen LogP contribution in [0.2, 0.25) is 0 Å². The van der Waals surface area contributed by atoms with Crippen molar-refractivity contribution in [2.24, 2.45) is 0 Å². The first-order valence-corrected chi connectivity index (χ1v) is 6.48. The number of thiophene rings is 1. The second-order valence-electron chi connectivity index (χ2n) is 4.28. The van der Waals surface area contributed by atoms with Crippen LogP contribution in [0.3, 0.4) is 0 Å². The largest absolute Gasteiger partial charge is 0.352 e. The first-order chi connectivity index (χ1) is 8.24. The number of rotatable bonds is 3. The molecule has 1 N–H and O–H groups in total. The van der Waals surface area contributed by atoms with E-state index in [4.69, 9.17) is 0 Å². The summed E-state index contributed by atoms with van der Waals surface area (Å²) in [4.78, 5) is 23.3. The van der Waals surface area contributed by atoms with Crippen molar-refractivity contribution >= 4 is 27.5 Å². The number of amides is 1. The maximum atomic E-state index is 11.7. The Labute approximate surface area is 102 Å². The average Bonchev–Trinajstić information content (AvgIpc) is 2.96. The van der Waals surface area contributed by atoms with Gasteiger partial charge >= 0.3 is 0 Å². The number of carbonyl (C=O) groups is 1. The molecule has 0 spiro atoms. The molecule has 0 bridgehead atoms. The molecular weight excluding hydrogens is 236 g/mol. The zero-order valence-electron chi connectivity index (χ0n) is 9.18. The quantitative estimate of drug-likeness (QED) is 0.891. The number of nitrogens with one attached hydrogen (secondary N) is 1. The van der Waals surface area contributed by atoms with Gasteiger partial charge in [0.25, 0.3) is 0 Å². The number of nitrogens with zero attached hydrogens (tertiary/aromatic N) is 1. The third-order valence-corrected chi connectivity index (χ3v) is 3.76. The molecule has 1 aliphatic rings. The first-order valence-electron chi connectivity index (χ1n) is 5.60. The van der Waals surface area contributed by atoms with Gasteiger partial charge in [0.2, 0.25) is 5.91 Å². The van der Waals surface area contributed by atoms with Crippen molar-refractivity contribution in [1.82, 2.24) is 9.88 Å². The summed E-state index contributed by atoms with van der Waals surface area (Å²) >= 11 is 1.42. The lowest BCUT2D eigenvalue weighted by atomic mass is 10.3. The van der Waals surface area contributed by atoms with E-state index in [9.17, 15) is 9.59 Å². The van der Waals surface area contributed by atoms with Gasteiger partial charge in [0, 0.05) is 18.3 Å². The van der Waals surface area contributed by atoms with Crippen LogP contribution >= 0.6 is 11.3 Å². The summed E-state index contributed by atoms with van der Waals surface area (Å²) < 4.78 is 2.54. The summed E-state index contributed by atoms with van der Waals surface area (Å²) in [6.07, 6.45) is 3.86. The average molecular weight is 248 g/mol. The van der Waals surface area contributed by atoms with E-state index in [0.717, 1.165) is 18.4 Å². The van der Waals surface area contributed by atoms with Gasteiger partial charge < -0.3 is 9.88 Å². The molecule has 1 aliphatic carbocycles. The summed E-state index contributed by atoms with van der Waals surface area (Å²) in [6.45, 7) is 0.282. The molecule has 4 nitrogen and oxygen atoms in total. The molecule has 17 heavy (non-hydrogen) atoms. The van der Waals surface area contributed by atoms with Crippen LogP contribution in [0.15, 0.2) is 28.5 Å². The van der Waals surface area contributed by atoms with Gasteiger partial charge in [-0.15, -0.1) is 11.3 Å². The van der Waals surface area contributed by atoms with Gasteiger partial charge in [-0.1, -0.05) is 0 Å². The minimum absolute atomic E-state index is 0.0173. The third-order valence-electron chi connectivity index (χ3n) is 2.84. The Bertz CT molecular complexity index is 625. The van der Waals surface area contributed by atoms with E-state index < -0.39 is 0 Å². The van der Waals surface area contributed by atoms with E-state index >= 15 is 0 Å². The Balaban J connectivity index is 1.89. The highest BCUT2D eigenvalue weighted by Crippen LogP contribution is 2.19. The molecule has 0 saturated heterocycles. The van der Waals surface area contributed by atoms with Crippen molar-refractivity contribution in [2.75, 3.05) is 0 Å². The Hall–Kier alpha value is -1.62. The molecule has 0 aliphatic heterocycles. The summed E-state index contributed by atoms with van der Waals surface area (Å²) in [6, 6.07) is 3.77. The fraction of sp³-hybridized carbons (Fsp3) is 0.333. The minimum Gasteiger partial charge on any atom is -0.352 e. The number of pyridine rings is 1. The van der Waals surface area contributed by atoms with Crippen molar-refractivity contribution < 1.29 is 4.79 Å². The number of hydrogen-bond donors (Lipinski definition) is 1. The standard InChI is InChI=1S/C12H12N2O2S/c15-10-3-5-14(9-4-6-17-12(9)10)7-11(16)13-8-1-2-8/h3-6,8H,1-2,7H2,(H,13,16). The van der Waals surface area contributed by atoms with Crippen molar-refractivity contribution in [1.29, 1.82) is 0 Å². The van der Waals surface area contributed by atoms with Gasteiger partial charge in [0.15, 0.2) is 5.43 Å². The first kappa shape index (κ1) is 10.5. The molecule has 1 fully saturated rings. The topological polar surface area (TPSA) is 51.1 Å². The van der Waals surface area contributed by atoms with E-state index in [2.05, 4.69) is 5.32 Å². The normalized spacial score (nSPS) is 15.1. The maximum absolute atomic E-state index is 11.7. The second-order valence-corrected chi connectivity index (χ2v) is 5.20. The highest BCUT2D eigenvalue weighted by Gasteiger charge is 2.23. The van der Waals surface area contributed by atoms with Crippen molar-refractivity contribution in [3.63, 3.8) is 0 Å². The number of fused-ring (bicyclic) bond motifs is 1. The van der Waals surface area contributed by atoms with E-state index in [1.807, 2.05) is 16.0 Å². The van der Waals surface area contributed by atoms with Crippen LogP contribution < -0.4 is 10.7 Å². The van der Waals surface area contributed by atoms with Crippen molar-refractivity contribution in [3.8, 4) is 0 Å². The molecule has 0 aromatic carbocycles. The van der Waals surface area contributed by atoms with Crippen LogP contribution in [0.5, 0.6) is 0 Å². The fourth-order valence-corrected chi connectivity index (χ4v) is 2.64. The van der Waals surface area contributed by atoms with Gasteiger partial charge in [-0.25, -0.2) is 0 Å². The Kier molecular flexibility index (Phi) is 2.48. The van der Waals surface area contributed by atoms with Crippen LogP contribution in [-0.4, -0.2) is 16.5 Å². The molecule has 2 aromatic heterocycles. The zero-order chi connectivity index (χ0) is 11.8. The molecule has 1 saturated carbocycles. The predicted molar refractivity (Wildman–Crippen MR) is 67.2 cm³/mol. The molecular formula is C12H12N2O2S. The Morgan fingerprint density at radius 3 is 3.06 bits per heavy atom. The van der Waals surface area contributed by atoms with E-state index in [1.54, 1.807) is 6.20 Å². The smallest absolute Gasteiger partial charge is 0.240 e. The van der Waals surface area contributed by atoms with Crippen molar-refractivity contribution in [2.45, 2.75) is 25.4 Å². The van der Waals surface area contributed by atoms with E-state index in [-0.39, 0.29) is 17.9 Å². The number of carbonyl (C=O) groups excluding carboxylic acids is 1. The molecule has 88 valence electrons. The number of aromatic nitrogens is 1. The lowest BCUT2D eigenvalue weighted by Gasteiger charge is -2.08. The molecule has 0 atom stereocenters. The molecule has 0 unspecified atom stereocenters. The SMILES string of the molecule is O=C(Cn1ccc(=O)c2sccc21)NC1CC1.